The average Bonchev–Trinajstić information content (AvgIpc) is 2.17. The van der Waals surface area contributed by atoms with Crippen LogP contribution < -0.4 is 0 Å². The average molecular weight is 181 g/mol. The van der Waals surface area contributed by atoms with Gasteiger partial charge in [-0.25, -0.2) is 0 Å². The maximum Gasteiger partial charge on any atom is 0.133 e. The van der Waals surface area contributed by atoms with E-state index in [-0.39, 0.29) is 0 Å². The molecular weight excluding hydrogens is 162 g/mol. The molecule has 0 spiro atoms. The lowest BCUT2D eigenvalue weighted by Gasteiger charge is -2.33. The Kier molecular flexibility index (Phi) is 3.52. The molecule has 1 aliphatic rings. The summed E-state index contributed by atoms with van der Waals surface area (Å²) in [4.78, 5) is 13.5. The van der Waals surface area contributed by atoms with Crippen LogP contribution in [-0.4, -0.2) is 23.8 Å². The van der Waals surface area contributed by atoms with Crippen molar-refractivity contribution in [3.05, 3.63) is 11.8 Å². The van der Waals surface area contributed by atoms with Crippen molar-refractivity contribution in [2.45, 2.75) is 33.6 Å². The minimum absolute atomic E-state index is 0.320. The zero-order valence-corrected chi connectivity index (χ0v) is 8.84. The van der Waals surface area contributed by atoms with E-state index >= 15 is 0 Å². The predicted octanol–water partition coefficient (Wildman–Crippen LogP) is 2.21. The molecule has 0 atom stereocenters. The second-order valence-electron chi connectivity index (χ2n) is 3.80. The van der Waals surface area contributed by atoms with Crippen LogP contribution in [0.3, 0.4) is 0 Å². The molecule has 1 fully saturated rings. The number of Topliss-reactive ketones (excluding diaryl/α,β-unsaturated/α-hetero) is 1. The first kappa shape index (κ1) is 10.3. The van der Waals surface area contributed by atoms with Gasteiger partial charge >= 0.3 is 0 Å². The third-order valence-corrected chi connectivity index (χ3v) is 2.99. The Hall–Kier alpha value is -0.790. The van der Waals surface area contributed by atoms with E-state index in [1.165, 1.54) is 5.70 Å². The first-order valence-corrected chi connectivity index (χ1v) is 5.03. The summed E-state index contributed by atoms with van der Waals surface area (Å²) in [5.41, 5.74) is 1.34. The third kappa shape index (κ3) is 2.58. The summed E-state index contributed by atoms with van der Waals surface area (Å²) in [6.07, 6.45) is 4.19. The summed E-state index contributed by atoms with van der Waals surface area (Å²) in [5, 5.41) is 0. The molecule has 1 rings (SSSR count). The molecule has 0 saturated carbocycles. The highest BCUT2D eigenvalue weighted by atomic mass is 16.1. The van der Waals surface area contributed by atoms with E-state index in [0.717, 1.165) is 25.9 Å². The van der Waals surface area contributed by atoms with Crippen LogP contribution in [-0.2, 0) is 4.79 Å². The van der Waals surface area contributed by atoms with Crippen LogP contribution in [0.2, 0.25) is 0 Å². The summed E-state index contributed by atoms with van der Waals surface area (Å²) in [5.74, 6) is 0.679. The number of piperidine rings is 1. The molecule has 0 aromatic heterocycles. The molecule has 0 aromatic rings. The van der Waals surface area contributed by atoms with Crippen molar-refractivity contribution in [3.8, 4) is 0 Å². The molecule has 0 bridgehead atoms. The molecule has 0 N–H and O–H groups in total. The van der Waals surface area contributed by atoms with E-state index in [9.17, 15) is 4.79 Å². The van der Waals surface area contributed by atoms with Crippen molar-refractivity contribution in [1.29, 1.82) is 0 Å². The van der Waals surface area contributed by atoms with Crippen molar-refractivity contribution >= 4 is 5.78 Å². The number of hydrogen-bond acceptors (Lipinski definition) is 2. The lowest BCUT2D eigenvalue weighted by molar-refractivity contribution is -0.121. The van der Waals surface area contributed by atoms with E-state index in [4.69, 9.17) is 0 Å². The molecule has 1 saturated heterocycles. The Morgan fingerprint density at radius 3 is 2.23 bits per heavy atom. The fourth-order valence-corrected chi connectivity index (χ4v) is 1.82. The molecule has 0 unspecified atom stereocenters. The van der Waals surface area contributed by atoms with Crippen molar-refractivity contribution in [3.63, 3.8) is 0 Å². The maximum absolute atomic E-state index is 11.1. The Morgan fingerprint density at radius 2 is 1.85 bits per heavy atom. The van der Waals surface area contributed by atoms with Crippen LogP contribution in [0, 0.1) is 5.92 Å². The van der Waals surface area contributed by atoms with E-state index in [1.54, 1.807) is 6.92 Å². The van der Waals surface area contributed by atoms with Crippen LogP contribution in [0.25, 0.3) is 0 Å². The zero-order valence-electron chi connectivity index (χ0n) is 8.84. The van der Waals surface area contributed by atoms with Gasteiger partial charge in [0.25, 0.3) is 0 Å². The molecule has 2 nitrogen and oxygen atoms in total. The quantitative estimate of drug-likeness (QED) is 0.651. The van der Waals surface area contributed by atoms with Gasteiger partial charge in [0.15, 0.2) is 0 Å². The molecule has 74 valence electrons. The first-order valence-electron chi connectivity index (χ1n) is 5.03. The molecule has 2 heteroatoms. The summed E-state index contributed by atoms with van der Waals surface area (Å²) in [6, 6.07) is 0. The number of carbonyl (C=O) groups is 1. The summed E-state index contributed by atoms with van der Waals surface area (Å²) < 4.78 is 0. The molecule has 0 amide bonds. The lowest BCUT2D eigenvalue weighted by Crippen LogP contribution is -2.34. The van der Waals surface area contributed by atoms with E-state index < -0.39 is 0 Å². The molecule has 1 aliphatic heterocycles. The first-order chi connectivity index (χ1) is 6.15. The van der Waals surface area contributed by atoms with Gasteiger partial charge in [0, 0.05) is 24.7 Å². The van der Waals surface area contributed by atoms with Crippen LogP contribution in [0.4, 0.5) is 0 Å². The monoisotopic (exact) mass is 181 g/mol. The van der Waals surface area contributed by atoms with E-state index in [1.807, 2.05) is 0 Å². The smallest absolute Gasteiger partial charge is 0.133 e. The fourth-order valence-electron chi connectivity index (χ4n) is 1.82. The fraction of sp³-hybridized carbons (Fsp3) is 0.727. The number of ketones is 1. The van der Waals surface area contributed by atoms with Crippen molar-refractivity contribution in [2.24, 2.45) is 5.92 Å². The van der Waals surface area contributed by atoms with Gasteiger partial charge in [0.1, 0.15) is 5.78 Å². The van der Waals surface area contributed by atoms with Gasteiger partial charge in [0.05, 0.1) is 0 Å². The Balaban J connectivity index is 2.43. The number of allylic oxidation sites excluding steroid dienone is 2. The van der Waals surface area contributed by atoms with Gasteiger partial charge in [-0.15, -0.1) is 0 Å². The Bertz CT molecular complexity index is 212. The van der Waals surface area contributed by atoms with Crippen LogP contribution in [0.5, 0.6) is 0 Å². The summed E-state index contributed by atoms with van der Waals surface area (Å²) in [7, 11) is 0. The normalized spacial score (nSPS) is 20.5. The van der Waals surface area contributed by atoms with Gasteiger partial charge in [0.2, 0.25) is 0 Å². The van der Waals surface area contributed by atoms with Crippen molar-refractivity contribution in [1.82, 2.24) is 4.90 Å². The molecule has 0 radical (unpaired) electrons. The van der Waals surface area contributed by atoms with Crippen molar-refractivity contribution < 1.29 is 4.79 Å². The minimum Gasteiger partial charge on any atom is -0.375 e. The van der Waals surface area contributed by atoms with Gasteiger partial charge in [-0.3, -0.25) is 4.79 Å². The van der Waals surface area contributed by atoms with Gasteiger partial charge in [-0.1, -0.05) is 6.08 Å². The second-order valence-corrected chi connectivity index (χ2v) is 3.80. The SMILES string of the molecule is C/C=C(/C)N1CCC(C(C)=O)CC1. The Morgan fingerprint density at radius 1 is 1.31 bits per heavy atom. The standard InChI is InChI=1S/C11H19NO/c1-4-9(2)12-7-5-11(6-8-12)10(3)13/h4,11H,5-8H2,1-3H3/b9-4-. The molecule has 0 aromatic carbocycles. The van der Waals surface area contributed by atoms with Gasteiger partial charge in [-0.05, 0) is 33.6 Å². The predicted molar refractivity (Wildman–Crippen MR) is 54.4 cm³/mol. The van der Waals surface area contributed by atoms with E-state index in [2.05, 4.69) is 24.8 Å². The highest BCUT2D eigenvalue weighted by molar-refractivity contribution is 5.78. The zero-order chi connectivity index (χ0) is 9.84. The highest BCUT2D eigenvalue weighted by Crippen LogP contribution is 2.20. The number of rotatable bonds is 2. The van der Waals surface area contributed by atoms with Gasteiger partial charge < -0.3 is 4.90 Å². The van der Waals surface area contributed by atoms with Crippen molar-refractivity contribution in [2.75, 3.05) is 13.1 Å². The summed E-state index contributed by atoms with van der Waals surface area (Å²) >= 11 is 0. The van der Waals surface area contributed by atoms with Crippen LogP contribution in [0.15, 0.2) is 11.8 Å². The third-order valence-electron chi connectivity index (χ3n) is 2.99. The van der Waals surface area contributed by atoms with Crippen LogP contribution >= 0.6 is 0 Å². The number of likely N-dealkylation sites (tertiary alicyclic amines) is 1. The largest absolute Gasteiger partial charge is 0.375 e. The number of hydrogen-bond donors (Lipinski definition) is 0. The lowest BCUT2D eigenvalue weighted by atomic mass is 9.93. The minimum atomic E-state index is 0.320. The van der Waals surface area contributed by atoms with E-state index in [0.29, 0.717) is 11.7 Å². The highest BCUT2D eigenvalue weighted by Gasteiger charge is 2.21. The molecule has 0 aliphatic carbocycles. The number of carbonyl (C=O) groups excluding carboxylic acids is 1. The Labute approximate surface area is 80.6 Å². The summed E-state index contributed by atoms with van der Waals surface area (Å²) in [6.45, 7) is 7.99. The molecular formula is C11H19NO. The number of nitrogens with zero attached hydrogens (tertiary/aromatic N) is 1. The van der Waals surface area contributed by atoms with Crippen LogP contribution in [0.1, 0.15) is 33.6 Å². The molecule has 13 heavy (non-hydrogen) atoms. The topological polar surface area (TPSA) is 20.3 Å². The second kappa shape index (κ2) is 4.45. The maximum atomic E-state index is 11.1. The van der Waals surface area contributed by atoms with Gasteiger partial charge in [-0.2, -0.15) is 0 Å². The molecule has 1 heterocycles.